The third-order valence-corrected chi connectivity index (χ3v) is 2.06. The van der Waals surface area contributed by atoms with E-state index >= 15 is 0 Å². The minimum Gasteiger partial charge on any atom is -0.392 e. The van der Waals surface area contributed by atoms with E-state index < -0.39 is 6.10 Å². The van der Waals surface area contributed by atoms with E-state index in [4.69, 9.17) is 16.7 Å². The first-order valence-corrected chi connectivity index (χ1v) is 3.87. The van der Waals surface area contributed by atoms with Crippen molar-refractivity contribution < 1.29 is 5.11 Å². The van der Waals surface area contributed by atoms with Crippen LogP contribution < -0.4 is 0 Å². The summed E-state index contributed by atoms with van der Waals surface area (Å²) in [6.45, 7) is 1.66. The van der Waals surface area contributed by atoms with Gasteiger partial charge in [0.05, 0.1) is 11.5 Å². The molecule has 1 heterocycles. The van der Waals surface area contributed by atoms with Gasteiger partial charge in [0.2, 0.25) is 0 Å². The minimum atomic E-state index is -0.529. The number of aliphatic hydroxyl groups is 1. The predicted molar refractivity (Wildman–Crippen MR) is 44.5 cm³/mol. The molecule has 0 radical (unpaired) electrons. The summed E-state index contributed by atoms with van der Waals surface area (Å²) in [5.74, 6) is 0. The zero-order valence-electron chi connectivity index (χ0n) is 6.24. The van der Waals surface area contributed by atoms with Gasteiger partial charge in [-0.3, -0.25) is 4.98 Å². The van der Waals surface area contributed by atoms with Crippen LogP contribution in [0.3, 0.4) is 0 Å². The monoisotopic (exact) mass is 171 g/mol. The largest absolute Gasteiger partial charge is 0.392 e. The van der Waals surface area contributed by atoms with Gasteiger partial charge in [0.25, 0.3) is 0 Å². The van der Waals surface area contributed by atoms with Gasteiger partial charge < -0.3 is 5.11 Å². The van der Waals surface area contributed by atoms with Crippen molar-refractivity contribution in [3.63, 3.8) is 0 Å². The first kappa shape index (κ1) is 8.50. The molecule has 0 aromatic carbocycles. The molecule has 0 saturated heterocycles. The molecular formula is C8H10ClNO. The number of pyridine rings is 1. The van der Waals surface area contributed by atoms with Gasteiger partial charge in [0.15, 0.2) is 0 Å². The lowest BCUT2D eigenvalue weighted by atomic mass is 10.1. The highest BCUT2D eigenvalue weighted by molar-refractivity contribution is 6.21. The molecular weight excluding hydrogens is 162 g/mol. The number of hydrogen-bond donors (Lipinski definition) is 1. The fraction of sp³-hybridized carbons (Fsp3) is 0.375. The lowest BCUT2D eigenvalue weighted by Crippen LogP contribution is -2.08. The Morgan fingerprint density at radius 2 is 2.00 bits per heavy atom. The van der Waals surface area contributed by atoms with Crippen molar-refractivity contribution in [1.29, 1.82) is 0 Å². The Morgan fingerprint density at radius 3 is 2.45 bits per heavy atom. The average molecular weight is 172 g/mol. The van der Waals surface area contributed by atoms with Gasteiger partial charge in [-0.1, -0.05) is 0 Å². The molecule has 1 aromatic rings. The van der Waals surface area contributed by atoms with Gasteiger partial charge >= 0.3 is 0 Å². The normalized spacial score (nSPS) is 15.9. The number of aromatic nitrogens is 1. The van der Waals surface area contributed by atoms with Crippen LogP contribution in [0.25, 0.3) is 0 Å². The first-order chi connectivity index (χ1) is 5.22. The van der Waals surface area contributed by atoms with Crippen LogP contribution in [0.1, 0.15) is 17.9 Å². The zero-order valence-corrected chi connectivity index (χ0v) is 6.99. The van der Waals surface area contributed by atoms with Crippen LogP contribution in [0.2, 0.25) is 0 Å². The topological polar surface area (TPSA) is 33.1 Å². The van der Waals surface area contributed by atoms with Crippen LogP contribution in [0.4, 0.5) is 0 Å². The summed E-state index contributed by atoms with van der Waals surface area (Å²) >= 11 is 5.86. The number of alkyl halides is 1. The second kappa shape index (κ2) is 3.69. The summed E-state index contributed by atoms with van der Waals surface area (Å²) in [5, 5.41) is 8.79. The smallest absolute Gasteiger partial charge is 0.0842 e. The van der Waals surface area contributed by atoms with Crippen LogP contribution in [-0.4, -0.2) is 16.2 Å². The van der Waals surface area contributed by atoms with E-state index in [0.29, 0.717) is 0 Å². The summed E-state index contributed by atoms with van der Waals surface area (Å²) in [5.41, 5.74) is 0.900. The standard InChI is InChI=1S/C8H10ClNO/c1-6(11)8(9)7-2-4-10-5-3-7/h2-6,8,11H,1H3. The molecule has 0 aliphatic rings. The molecule has 0 spiro atoms. The van der Waals surface area contributed by atoms with Crippen LogP contribution in [-0.2, 0) is 0 Å². The van der Waals surface area contributed by atoms with E-state index in [1.807, 2.05) is 0 Å². The van der Waals surface area contributed by atoms with Crippen molar-refractivity contribution in [2.24, 2.45) is 0 Å². The van der Waals surface area contributed by atoms with Gasteiger partial charge in [0.1, 0.15) is 0 Å². The van der Waals surface area contributed by atoms with E-state index in [1.54, 1.807) is 31.5 Å². The third kappa shape index (κ3) is 2.17. The predicted octanol–water partition coefficient (Wildman–Crippen LogP) is 1.74. The highest BCUT2D eigenvalue weighted by Crippen LogP contribution is 2.22. The Kier molecular flexibility index (Phi) is 2.85. The highest BCUT2D eigenvalue weighted by atomic mass is 35.5. The Balaban J connectivity index is 2.77. The van der Waals surface area contributed by atoms with Crippen LogP contribution in [0.15, 0.2) is 24.5 Å². The Morgan fingerprint density at radius 1 is 1.45 bits per heavy atom. The van der Waals surface area contributed by atoms with Crippen LogP contribution in [0, 0.1) is 0 Å². The van der Waals surface area contributed by atoms with Crippen LogP contribution >= 0.6 is 11.6 Å². The molecule has 0 aliphatic heterocycles. The molecule has 3 heteroatoms. The molecule has 0 fully saturated rings. The quantitative estimate of drug-likeness (QED) is 0.688. The molecule has 2 atom stereocenters. The maximum Gasteiger partial charge on any atom is 0.0842 e. The molecule has 2 unspecified atom stereocenters. The van der Waals surface area contributed by atoms with E-state index in [2.05, 4.69) is 4.98 Å². The third-order valence-electron chi connectivity index (χ3n) is 1.45. The molecule has 11 heavy (non-hydrogen) atoms. The summed E-state index contributed by atoms with van der Waals surface area (Å²) in [4.78, 5) is 3.85. The maximum absolute atomic E-state index is 9.12. The highest BCUT2D eigenvalue weighted by Gasteiger charge is 2.12. The van der Waals surface area contributed by atoms with Crippen molar-refractivity contribution in [3.8, 4) is 0 Å². The zero-order chi connectivity index (χ0) is 8.27. The van der Waals surface area contributed by atoms with Crippen LogP contribution in [0.5, 0.6) is 0 Å². The maximum atomic E-state index is 9.12. The second-order valence-electron chi connectivity index (χ2n) is 2.42. The van der Waals surface area contributed by atoms with Crippen molar-refractivity contribution in [3.05, 3.63) is 30.1 Å². The molecule has 0 aliphatic carbocycles. The van der Waals surface area contributed by atoms with E-state index in [9.17, 15) is 0 Å². The first-order valence-electron chi connectivity index (χ1n) is 3.44. The Hall–Kier alpha value is -0.600. The molecule has 60 valence electrons. The van der Waals surface area contributed by atoms with E-state index in [1.165, 1.54) is 0 Å². The van der Waals surface area contributed by atoms with Crippen molar-refractivity contribution in [1.82, 2.24) is 4.98 Å². The van der Waals surface area contributed by atoms with Crippen molar-refractivity contribution in [2.75, 3.05) is 0 Å². The molecule has 0 amide bonds. The molecule has 0 saturated carbocycles. The van der Waals surface area contributed by atoms with E-state index in [0.717, 1.165) is 5.56 Å². The average Bonchev–Trinajstić information content (AvgIpc) is 2.05. The SMILES string of the molecule is CC(O)C(Cl)c1ccncc1. The van der Waals surface area contributed by atoms with Crippen molar-refractivity contribution >= 4 is 11.6 Å². The Labute approximate surface area is 70.8 Å². The number of hydrogen-bond acceptors (Lipinski definition) is 2. The molecule has 1 N–H and O–H groups in total. The number of aliphatic hydroxyl groups excluding tert-OH is 1. The Bertz CT molecular complexity index is 213. The molecule has 1 aromatic heterocycles. The summed E-state index contributed by atoms with van der Waals surface area (Å²) in [7, 11) is 0. The van der Waals surface area contributed by atoms with Gasteiger partial charge in [0, 0.05) is 12.4 Å². The molecule has 1 rings (SSSR count). The lowest BCUT2D eigenvalue weighted by molar-refractivity contribution is 0.190. The minimum absolute atomic E-state index is 0.335. The van der Waals surface area contributed by atoms with Crippen molar-refractivity contribution in [2.45, 2.75) is 18.4 Å². The summed E-state index contributed by atoms with van der Waals surface area (Å²) < 4.78 is 0. The second-order valence-corrected chi connectivity index (χ2v) is 2.89. The van der Waals surface area contributed by atoms with Gasteiger partial charge in [-0.25, -0.2) is 0 Å². The summed E-state index contributed by atoms with van der Waals surface area (Å²) in [6, 6.07) is 3.59. The number of rotatable bonds is 2. The number of nitrogens with zero attached hydrogens (tertiary/aromatic N) is 1. The lowest BCUT2D eigenvalue weighted by Gasteiger charge is -2.11. The number of halogens is 1. The van der Waals surface area contributed by atoms with E-state index in [-0.39, 0.29) is 5.38 Å². The van der Waals surface area contributed by atoms with Gasteiger partial charge in [-0.05, 0) is 24.6 Å². The summed E-state index contributed by atoms with van der Waals surface area (Å²) in [6.07, 6.45) is 2.79. The fourth-order valence-electron chi connectivity index (χ4n) is 0.826. The van der Waals surface area contributed by atoms with Gasteiger partial charge in [-0.15, -0.1) is 11.6 Å². The molecule has 0 bridgehead atoms. The fourth-order valence-corrected chi connectivity index (χ4v) is 0.971. The van der Waals surface area contributed by atoms with Gasteiger partial charge in [-0.2, -0.15) is 0 Å². The molecule has 2 nitrogen and oxygen atoms in total.